The van der Waals surface area contributed by atoms with Crippen molar-refractivity contribution in [3.8, 4) is 0 Å². The summed E-state index contributed by atoms with van der Waals surface area (Å²) in [6, 6.07) is 5.16. The van der Waals surface area contributed by atoms with Crippen LogP contribution < -0.4 is 4.90 Å². The number of hydrogen-bond donors (Lipinski definition) is 0. The van der Waals surface area contributed by atoms with Crippen LogP contribution in [0.1, 0.15) is 20.9 Å². The molecular formula is C14H7ClFNO4. The highest BCUT2D eigenvalue weighted by Crippen LogP contribution is 2.36. The summed E-state index contributed by atoms with van der Waals surface area (Å²) in [7, 11) is 0. The molecule has 0 atom stereocenters. The van der Waals surface area contributed by atoms with Gasteiger partial charge < -0.3 is 4.42 Å². The predicted octanol–water partition coefficient (Wildman–Crippen LogP) is 2.48. The van der Waals surface area contributed by atoms with Crippen molar-refractivity contribution in [2.24, 2.45) is 0 Å². The van der Waals surface area contributed by atoms with E-state index in [1.807, 2.05) is 0 Å². The standard InChI is InChI=1S/C14H7ClFNO4/c15-7-3-4-8(16)12-11(7)13(19)14(20)17(12)6-9(18)10-2-1-5-21-10/h1-5H,6H2. The van der Waals surface area contributed by atoms with Crippen LogP contribution in [0.4, 0.5) is 10.1 Å². The summed E-state index contributed by atoms with van der Waals surface area (Å²) in [4.78, 5) is 36.6. The third-order valence-corrected chi connectivity index (χ3v) is 3.43. The highest BCUT2D eigenvalue weighted by molar-refractivity contribution is 6.55. The smallest absolute Gasteiger partial charge is 0.300 e. The van der Waals surface area contributed by atoms with Gasteiger partial charge in [-0.1, -0.05) is 11.6 Å². The van der Waals surface area contributed by atoms with Crippen molar-refractivity contribution < 1.29 is 23.2 Å². The van der Waals surface area contributed by atoms with Crippen LogP contribution in [0.15, 0.2) is 34.9 Å². The molecule has 0 aliphatic carbocycles. The number of carbonyl (C=O) groups is 3. The maximum atomic E-state index is 13.9. The Morgan fingerprint density at radius 1 is 1.29 bits per heavy atom. The average Bonchev–Trinajstić information content (AvgIpc) is 3.06. The average molecular weight is 308 g/mol. The first-order valence-corrected chi connectivity index (χ1v) is 6.29. The Hall–Kier alpha value is -2.47. The van der Waals surface area contributed by atoms with E-state index in [1.54, 1.807) is 0 Å². The maximum absolute atomic E-state index is 13.9. The van der Waals surface area contributed by atoms with Gasteiger partial charge in [0.2, 0.25) is 5.78 Å². The monoisotopic (exact) mass is 307 g/mol. The number of amides is 1. The van der Waals surface area contributed by atoms with Gasteiger partial charge in [-0.25, -0.2) is 4.39 Å². The molecule has 2 aromatic rings. The van der Waals surface area contributed by atoms with Crippen molar-refractivity contribution in [2.75, 3.05) is 11.4 Å². The van der Waals surface area contributed by atoms with Crippen molar-refractivity contribution in [1.82, 2.24) is 0 Å². The summed E-state index contributed by atoms with van der Waals surface area (Å²) in [5, 5.41) is -0.0299. The van der Waals surface area contributed by atoms with Gasteiger partial charge in [-0.05, 0) is 24.3 Å². The molecule has 1 aromatic carbocycles. The minimum absolute atomic E-state index is 0.0196. The lowest BCUT2D eigenvalue weighted by Gasteiger charge is -2.15. The van der Waals surface area contributed by atoms with E-state index in [2.05, 4.69) is 0 Å². The first-order chi connectivity index (χ1) is 10.0. The van der Waals surface area contributed by atoms with Crippen LogP contribution >= 0.6 is 11.6 Å². The lowest BCUT2D eigenvalue weighted by atomic mass is 10.1. The zero-order chi connectivity index (χ0) is 15.1. The number of anilines is 1. The fourth-order valence-corrected chi connectivity index (χ4v) is 2.40. The van der Waals surface area contributed by atoms with E-state index in [1.165, 1.54) is 24.5 Å². The number of furan rings is 1. The molecule has 3 rings (SSSR count). The van der Waals surface area contributed by atoms with Gasteiger partial charge in [0.25, 0.3) is 11.7 Å². The van der Waals surface area contributed by atoms with Crippen LogP contribution in [-0.4, -0.2) is 24.0 Å². The van der Waals surface area contributed by atoms with Crippen LogP contribution in [0.3, 0.4) is 0 Å². The van der Waals surface area contributed by atoms with Crippen LogP contribution in [0.25, 0.3) is 0 Å². The highest BCUT2D eigenvalue weighted by atomic mass is 35.5. The Labute approximate surface area is 122 Å². The molecule has 106 valence electrons. The molecule has 0 unspecified atom stereocenters. The Bertz CT molecular complexity index is 770. The van der Waals surface area contributed by atoms with E-state index in [0.29, 0.717) is 0 Å². The van der Waals surface area contributed by atoms with Crippen molar-refractivity contribution in [1.29, 1.82) is 0 Å². The molecule has 21 heavy (non-hydrogen) atoms. The van der Waals surface area contributed by atoms with Gasteiger partial charge >= 0.3 is 0 Å². The summed E-state index contributed by atoms with van der Waals surface area (Å²) in [6.07, 6.45) is 1.30. The highest BCUT2D eigenvalue weighted by Gasteiger charge is 2.41. The topological polar surface area (TPSA) is 67.6 Å². The third kappa shape index (κ3) is 2.04. The van der Waals surface area contributed by atoms with E-state index in [9.17, 15) is 18.8 Å². The molecule has 0 saturated carbocycles. The molecule has 1 amide bonds. The largest absolute Gasteiger partial charge is 0.461 e. The van der Waals surface area contributed by atoms with E-state index >= 15 is 0 Å². The van der Waals surface area contributed by atoms with Gasteiger partial charge in [-0.3, -0.25) is 19.3 Å². The number of Topliss-reactive ketones (excluding diaryl/α,β-unsaturated/α-hetero) is 2. The Balaban J connectivity index is 2.02. The van der Waals surface area contributed by atoms with Crippen molar-refractivity contribution in [2.45, 2.75) is 0 Å². The number of fused-ring (bicyclic) bond motifs is 1. The van der Waals surface area contributed by atoms with Gasteiger partial charge in [0.15, 0.2) is 5.76 Å². The molecule has 1 aliphatic rings. The van der Waals surface area contributed by atoms with E-state index in [-0.39, 0.29) is 22.0 Å². The number of nitrogens with zero attached hydrogens (tertiary/aromatic N) is 1. The Morgan fingerprint density at radius 2 is 2.05 bits per heavy atom. The summed E-state index contributed by atoms with van der Waals surface area (Å²) in [5.74, 6) is -3.24. The summed E-state index contributed by atoms with van der Waals surface area (Å²) in [6.45, 7) is -0.498. The quantitative estimate of drug-likeness (QED) is 0.645. The van der Waals surface area contributed by atoms with Crippen LogP contribution in [0.5, 0.6) is 0 Å². The molecule has 7 heteroatoms. The molecule has 5 nitrogen and oxygen atoms in total. The van der Waals surface area contributed by atoms with Crippen LogP contribution in [0.2, 0.25) is 5.02 Å². The van der Waals surface area contributed by atoms with Crippen LogP contribution in [0, 0.1) is 5.82 Å². The molecule has 1 aromatic heterocycles. The molecule has 0 N–H and O–H groups in total. The fourth-order valence-electron chi connectivity index (χ4n) is 2.16. The number of rotatable bonds is 3. The molecule has 0 bridgehead atoms. The lowest BCUT2D eigenvalue weighted by molar-refractivity contribution is -0.114. The first-order valence-electron chi connectivity index (χ1n) is 5.91. The maximum Gasteiger partial charge on any atom is 0.300 e. The Kier molecular flexibility index (Phi) is 3.10. The van der Waals surface area contributed by atoms with Crippen LogP contribution in [-0.2, 0) is 4.79 Å². The lowest BCUT2D eigenvalue weighted by Crippen LogP contribution is -2.35. The van der Waals surface area contributed by atoms with Gasteiger partial charge in [0.05, 0.1) is 29.1 Å². The molecule has 0 radical (unpaired) electrons. The van der Waals surface area contributed by atoms with Crippen molar-refractivity contribution in [3.63, 3.8) is 0 Å². The summed E-state index contributed by atoms with van der Waals surface area (Å²) < 4.78 is 18.8. The number of ketones is 2. The second-order valence-electron chi connectivity index (χ2n) is 4.37. The second kappa shape index (κ2) is 4.82. The normalized spacial score (nSPS) is 13.7. The first kappa shape index (κ1) is 13.5. The molecule has 0 spiro atoms. The summed E-state index contributed by atoms with van der Waals surface area (Å²) >= 11 is 5.83. The molecule has 2 heterocycles. The molecule has 0 fully saturated rings. The number of hydrogen-bond acceptors (Lipinski definition) is 4. The van der Waals surface area contributed by atoms with Crippen molar-refractivity contribution >= 4 is 34.8 Å². The number of halogens is 2. The van der Waals surface area contributed by atoms with Crippen molar-refractivity contribution in [3.05, 3.63) is 52.7 Å². The third-order valence-electron chi connectivity index (χ3n) is 3.11. The van der Waals surface area contributed by atoms with Gasteiger partial charge in [-0.15, -0.1) is 0 Å². The van der Waals surface area contributed by atoms with Gasteiger partial charge in [0.1, 0.15) is 5.82 Å². The Morgan fingerprint density at radius 3 is 2.71 bits per heavy atom. The van der Waals surface area contributed by atoms with Gasteiger partial charge in [-0.2, -0.15) is 0 Å². The minimum Gasteiger partial charge on any atom is -0.461 e. The SMILES string of the molecule is O=C(CN1C(=O)C(=O)c2c(Cl)ccc(F)c21)c1ccco1. The number of benzene rings is 1. The zero-order valence-corrected chi connectivity index (χ0v) is 11.2. The zero-order valence-electron chi connectivity index (χ0n) is 10.4. The fraction of sp³-hybridized carbons (Fsp3) is 0.0714. The molecular weight excluding hydrogens is 301 g/mol. The second-order valence-corrected chi connectivity index (χ2v) is 4.78. The summed E-state index contributed by atoms with van der Waals surface area (Å²) in [5.41, 5.74) is -0.480. The predicted molar refractivity (Wildman–Crippen MR) is 71.1 cm³/mol. The van der Waals surface area contributed by atoms with E-state index < -0.39 is 29.8 Å². The minimum atomic E-state index is -0.989. The van der Waals surface area contributed by atoms with E-state index in [0.717, 1.165) is 11.0 Å². The molecule has 0 saturated heterocycles. The molecule has 1 aliphatic heterocycles. The van der Waals surface area contributed by atoms with Gasteiger partial charge in [0, 0.05) is 0 Å². The number of carbonyl (C=O) groups excluding carboxylic acids is 3. The van der Waals surface area contributed by atoms with E-state index in [4.69, 9.17) is 16.0 Å².